The molecule has 0 spiro atoms. The lowest BCUT2D eigenvalue weighted by molar-refractivity contribution is -0.161. The molecule has 0 aliphatic carbocycles. The van der Waals surface area contributed by atoms with Gasteiger partial charge in [0.25, 0.3) is 0 Å². The molecule has 8 heteroatoms. The Kier molecular flexibility index (Phi) is 10.8. The minimum Gasteiger partial charge on any atom is -0.465 e. The van der Waals surface area contributed by atoms with E-state index >= 15 is 0 Å². The van der Waals surface area contributed by atoms with E-state index in [4.69, 9.17) is 30.1 Å². The summed E-state index contributed by atoms with van der Waals surface area (Å²) in [5.41, 5.74) is 6.13. The summed E-state index contributed by atoms with van der Waals surface area (Å²) < 4.78 is 20.6. The lowest BCUT2D eigenvalue weighted by atomic mass is 9.93. The minimum atomic E-state index is -1.13. The number of unbranched alkanes of at least 4 members (excludes halogenated alkanes) is 2. The Hall–Kier alpha value is -2.61. The smallest absolute Gasteiger partial charge is 0.465 e. The first-order valence-electron chi connectivity index (χ1n) is 9.61. The van der Waals surface area contributed by atoms with E-state index in [-0.39, 0.29) is 32.3 Å². The fourth-order valence-electron chi connectivity index (χ4n) is 2.50. The van der Waals surface area contributed by atoms with Gasteiger partial charge in [-0.3, -0.25) is 10.2 Å². The molecule has 1 aromatic rings. The van der Waals surface area contributed by atoms with Crippen molar-refractivity contribution >= 4 is 18.0 Å². The van der Waals surface area contributed by atoms with Crippen LogP contribution in [0.25, 0.3) is 0 Å². The van der Waals surface area contributed by atoms with Gasteiger partial charge in [0.2, 0.25) is 0 Å². The topological polar surface area (TPSA) is 121 Å². The maximum Gasteiger partial charge on any atom is 0.508 e. The standard InChI is InChI=1S/C21H32N2O6/c1-16-8-10-17(11-9-16)13-28-20(25)29-15-21(2,14-26-3)19(24)27-12-6-4-5-7-18(22)23/h8-11H,4-7,12-15H2,1-3H3,(H3,22,23). The van der Waals surface area contributed by atoms with Crippen LogP contribution in [0.3, 0.4) is 0 Å². The summed E-state index contributed by atoms with van der Waals surface area (Å²) in [5.74, 6) is -0.349. The lowest BCUT2D eigenvalue weighted by Crippen LogP contribution is -2.39. The Balaban J connectivity index is 2.39. The number of amidine groups is 1. The summed E-state index contributed by atoms with van der Waals surface area (Å²) in [7, 11) is 1.46. The van der Waals surface area contributed by atoms with Crippen molar-refractivity contribution in [1.82, 2.24) is 0 Å². The van der Waals surface area contributed by atoms with Crippen molar-refractivity contribution in [2.24, 2.45) is 11.1 Å². The third-order valence-electron chi connectivity index (χ3n) is 4.27. The maximum atomic E-state index is 12.4. The van der Waals surface area contributed by atoms with Crippen LogP contribution in [-0.4, -0.2) is 44.9 Å². The van der Waals surface area contributed by atoms with E-state index in [0.717, 1.165) is 24.0 Å². The summed E-state index contributed by atoms with van der Waals surface area (Å²) in [6, 6.07) is 7.59. The van der Waals surface area contributed by atoms with Crippen LogP contribution in [0.15, 0.2) is 24.3 Å². The van der Waals surface area contributed by atoms with E-state index in [9.17, 15) is 9.59 Å². The largest absolute Gasteiger partial charge is 0.508 e. The first-order chi connectivity index (χ1) is 13.8. The molecule has 0 heterocycles. The molecule has 0 bridgehead atoms. The predicted octanol–water partition coefficient (Wildman–Crippen LogP) is 3.34. The number of nitrogens with one attached hydrogen (secondary N) is 1. The number of esters is 1. The van der Waals surface area contributed by atoms with Gasteiger partial charge in [0, 0.05) is 13.5 Å². The highest BCUT2D eigenvalue weighted by molar-refractivity contribution is 5.77. The number of methoxy groups -OCH3 is 1. The molecule has 0 fully saturated rings. The Morgan fingerprint density at radius 3 is 2.34 bits per heavy atom. The van der Waals surface area contributed by atoms with Crippen molar-refractivity contribution in [3.05, 3.63) is 35.4 Å². The Morgan fingerprint density at radius 1 is 1.03 bits per heavy atom. The van der Waals surface area contributed by atoms with Gasteiger partial charge in [-0.2, -0.15) is 0 Å². The number of hydrogen-bond acceptors (Lipinski definition) is 7. The van der Waals surface area contributed by atoms with Crippen LogP contribution in [0.5, 0.6) is 0 Å². The Bertz CT molecular complexity index is 662. The summed E-state index contributed by atoms with van der Waals surface area (Å²) >= 11 is 0. The fourth-order valence-corrected chi connectivity index (χ4v) is 2.50. The van der Waals surface area contributed by atoms with E-state index in [1.54, 1.807) is 6.92 Å². The van der Waals surface area contributed by atoms with Crippen LogP contribution in [0.4, 0.5) is 4.79 Å². The molecule has 0 radical (unpaired) electrons. The zero-order valence-electron chi connectivity index (χ0n) is 17.5. The van der Waals surface area contributed by atoms with Crippen molar-refractivity contribution in [2.45, 2.75) is 46.1 Å². The highest BCUT2D eigenvalue weighted by Gasteiger charge is 2.37. The first kappa shape index (κ1) is 24.4. The molecule has 0 amide bonds. The van der Waals surface area contributed by atoms with Gasteiger partial charge in [-0.15, -0.1) is 0 Å². The molecule has 1 unspecified atom stereocenters. The van der Waals surface area contributed by atoms with E-state index < -0.39 is 17.5 Å². The van der Waals surface area contributed by atoms with Crippen molar-refractivity contribution in [3.8, 4) is 0 Å². The first-order valence-corrected chi connectivity index (χ1v) is 9.61. The van der Waals surface area contributed by atoms with Gasteiger partial charge in [-0.25, -0.2) is 4.79 Å². The summed E-state index contributed by atoms with van der Waals surface area (Å²) in [4.78, 5) is 24.3. The zero-order valence-corrected chi connectivity index (χ0v) is 17.5. The van der Waals surface area contributed by atoms with Gasteiger partial charge in [-0.05, 0) is 38.7 Å². The number of hydrogen-bond donors (Lipinski definition) is 2. The van der Waals surface area contributed by atoms with Gasteiger partial charge in [-0.1, -0.05) is 29.8 Å². The molecule has 8 nitrogen and oxygen atoms in total. The van der Waals surface area contributed by atoms with Crippen LogP contribution < -0.4 is 5.73 Å². The molecular formula is C21H32N2O6. The number of rotatable bonds is 13. The van der Waals surface area contributed by atoms with E-state index in [1.165, 1.54) is 7.11 Å². The zero-order chi connectivity index (χ0) is 21.7. The van der Waals surface area contributed by atoms with Crippen molar-refractivity contribution in [1.29, 1.82) is 5.41 Å². The highest BCUT2D eigenvalue weighted by Crippen LogP contribution is 2.21. The number of nitrogens with two attached hydrogens (primary N) is 1. The van der Waals surface area contributed by atoms with Gasteiger partial charge in [0.1, 0.15) is 18.6 Å². The molecular weight excluding hydrogens is 376 g/mol. The number of carbonyl (C=O) groups excluding carboxylic acids is 2. The highest BCUT2D eigenvalue weighted by atomic mass is 16.7. The van der Waals surface area contributed by atoms with E-state index in [2.05, 4.69) is 0 Å². The number of aryl methyl sites for hydroxylation is 1. The van der Waals surface area contributed by atoms with Crippen molar-refractivity contribution in [2.75, 3.05) is 26.9 Å². The van der Waals surface area contributed by atoms with Crippen molar-refractivity contribution in [3.63, 3.8) is 0 Å². The fraction of sp³-hybridized carbons (Fsp3) is 0.571. The van der Waals surface area contributed by atoms with Gasteiger partial charge in [0.15, 0.2) is 0 Å². The molecule has 0 aliphatic rings. The Morgan fingerprint density at radius 2 is 1.72 bits per heavy atom. The van der Waals surface area contributed by atoms with E-state index in [0.29, 0.717) is 12.8 Å². The van der Waals surface area contributed by atoms with Crippen LogP contribution >= 0.6 is 0 Å². The Labute approximate surface area is 172 Å². The van der Waals surface area contributed by atoms with Gasteiger partial charge >= 0.3 is 12.1 Å². The second-order valence-electron chi connectivity index (χ2n) is 7.28. The average Bonchev–Trinajstić information content (AvgIpc) is 2.68. The normalized spacial score (nSPS) is 12.7. The van der Waals surface area contributed by atoms with E-state index in [1.807, 2.05) is 31.2 Å². The average molecular weight is 408 g/mol. The van der Waals surface area contributed by atoms with Crippen LogP contribution in [-0.2, 0) is 30.3 Å². The molecule has 1 atom stereocenters. The number of ether oxygens (including phenoxy) is 4. The van der Waals surface area contributed by atoms with Crippen LogP contribution in [0.2, 0.25) is 0 Å². The van der Waals surface area contributed by atoms with Gasteiger partial charge in [0.05, 0.1) is 19.0 Å². The third-order valence-corrected chi connectivity index (χ3v) is 4.27. The SMILES string of the molecule is COCC(C)(COC(=O)OCc1ccc(C)cc1)C(=O)OCCCCCC(=N)N. The molecule has 1 rings (SSSR count). The lowest BCUT2D eigenvalue weighted by Gasteiger charge is -2.25. The quantitative estimate of drug-likeness (QED) is 0.222. The predicted molar refractivity (Wildman–Crippen MR) is 109 cm³/mol. The summed E-state index contributed by atoms with van der Waals surface area (Å²) in [6.07, 6.45) is 1.92. The molecule has 0 aliphatic heterocycles. The summed E-state index contributed by atoms with van der Waals surface area (Å²) in [5, 5.41) is 7.17. The molecule has 0 saturated carbocycles. The number of carbonyl (C=O) groups is 2. The van der Waals surface area contributed by atoms with Crippen LogP contribution in [0, 0.1) is 17.7 Å². The van der Waals surface area contributed by atoms with Crippen molar-refractivity contribution < 1.29 is 28.5 Å². The molecule has 0 saturated heterocycles. The maximum absolute atomic E-state index is 12.4. The molecule has 29 heavy (non-hydrogen) atoms. The summed E-state index contributed by atoms with van der Waals surface area (Å²) in [6.45, 7) is 3.75. The number of benzene rings is 1. The molecule has 162 valence electrons. The second kappa shape index (κ2) is 12.8. The van der Waals surface area contributed by atoms with Gasteiger partial charge < -0.3 is 24.7 Å². The molecule has 1 aromatic carbocycles. The minimum absolute atomic E-state index is 0.0431. The van der Waals surface area contributed by atoms with Crippen LogP contribution in [0.1, 0.15) is 43.7 Å². The monoisotopic (exact) mass is 408 g/mol. The molecule has 0 aromatic heterocycles. The third kappa shape index (κ3) is 9.94. The molecule has 3 N–H and O–H groups in total. The second-order valence-corrected chi connectivity index (χ2v) is 7.28.